The molecule has 3 fully saturated rings. The molecule has 3 aliphatic heterocycles. The van der Waals surface area contributed by atoms with Gasteiger partial charge in [0.15, 0.2) is 0 Å². The second kappa shape index (κ2) is 6.73. The van der Waals surface area contributed by atoms with Gasteiger partial charge in [-0.15, -0.1) is 0 Å². The number of nitrogens with zero attached hydrogens (tertiary/aromatic N) is 2. The number of hydrogen-bond acceptors (Lipinski definition) is 2. The lowest BCUT2D eigenvalue weighted by atomic mass is 9.94. The van der Waals surface area contributed by atoms with Crippen molar-refractivity contribution in [3.05, 3.63) is 35.4 Å². The van der Waals surface area contributed by atoms with Crippen LogP contribution < -0.4 is 0 Å². The molecule has 0 aromatic heterocycles. The van der Waals surface area contributed by atoms with Crippen molar-refractivity contribution in [2.75, 3.05) is 19.6 Å². The molecular formula is C19H26N2O2. The number of carbonyl (C=O) groups excluding carboxylic acids is 2. The van der Waals surface area contributed by atoms with Crippen molar-refractivity contribution in [1.29, 1.82) is 0 Å². The van der Waals surface area contributed by atoms with E-state index in [1.165, 1.54) is 11.1 Å². The molecular weight excluding hydrogens is 288 g/mol. The summed E-state index contributed by atoms with van der Waals surface area (Å²) in [5, 5.41) is 0. The highest BCUT2D eigenvalue weighted by molar-refractivity contribution is 5.77. The molecule has 0 spiro atoms. The van der Waals surface area contributed by atoms with Gasteiger partial charge in [0.25, 0.3) is 0 Å². The van der Waals surface area contributed by atoms with Crippen LogP contribution in [0.5, 0.6) is 0 Å². The molecule has 4 rings (SSSR count). The lowest BCUT2D eigenvalue weighted by molar-refractivity contribution is -0.136. The Bertz CT molecular complexity index is 582. The Balaban J connectivity index is 1.61. The van der Waals surface area contributed by atoms with Crippen molar-refractivity contribution in [3.8, 4) is 0 Å². The van der Waals surface area contributed by atoms with Crippen molar-refractivity contribution >= 4 is 11.8 Å². The number of piperidine rings is 1. The van der Waals surface area contributed by atoms with Gasteiger partial charge in [-0.3, -0.25) is 9.59 Å². The van der Waals surface area contributed by atoms with Gasteiger partial charge in [-0.25, -0.2) is 0 Å². The second-order valence-electron chi connectivity index (χ2n) is 7.05. The third-order valence-electron chi connectivity index (χ3n) is 5.23. The van der Waals surface area contributed by atoms with Crippen LogP contribution >= 0.6 is 0 Å². The van der Waals surface area contributed by atoms with E-state index in [9.17, 15) is 9.59 Å². The van der Waals surface area contributed by atoms with E-state index < -0.39 is 0 Å². The third-order valence-corrected chi connectivity index (χ3v) is 5.23. The average molecular weight is 314 g/mol. The van der Waals surface area contributed by atoms with Crippen LogP contribution in [-0.4, -0.2) is 47.3 Å². The first-order chi connectivity index (χ1) is 11.0. The number of benzene rings is 1. The molecule has 2 atom stereocenters. The van der Waals surface area contributed by atoms with Crippen molar-refractivity contribution in [1.82, 2.24) is 9.80 Å². The van der Waals surface area contributed by atoms with Crippen LogP contribution in [-0.2, 0) is 16.0 Å². The van der Waals surface area contributed by atoms with Gasteiger partial charge >= 0.3 is 0 Å². The predicted molar refractivity (Wildman–Crippen MR) is 90.0 cm³/mol. The van der Waals surface area contributed by atoms with Crippen LogP contribution in [0.15, 0.2) is 24.3 Å². The molecule has 2 bridgehead atoms. The molecule has 1 aromatic carbocycles. The predicted octanol–water partition coefficient (Wildman–Crippen LogP) is 2.40. The van der Waals surface area contributed by atoms with Crippen molar-refractivity contribution < 1.29 is 9.59 Å². The Morgan fingerprint density at radius 2 is 1.83 bits per heavy atom. The van der Waals surface area contributed by atoms with Crippen LogP contribution in [0.1, 0.15) is 37.3 Å². The average Bonchev–Trinajstić information content (AvgIpc) is 2.86. The minimum atomic E-state index is 0.135. The van der Waals surface area contributed by atoms with E-state index in [1.54, 1.807) is 6.92 Å². The topological polar surface area (TPSA) is 40.6 Å². The normalized spacial score (nSPS) is 23.7. The minimum absolute atomic E-state index is 0.135. The second-order valence-corrected chi connectivity index (χ2v) is 7.05. The zero-order chi connectivity index (χ0) is 16.4. The molecule has 0 saturated carbocycles. The van der Waals surface area contributed by atoms with E-state index >= 15 is 0 Å². The largest absolute Gasteiger partial charge is 0.341 e. The number of aryl methyl sites for hydroxylation is 2. The zero-order valence-electron chi connectivity index (χ0n) is 14.1. The van der Waals surface area contributed by atoms with Gasteiger partial charge < -0.3 is 9.80 Å². The first-order valence-corrected chi connectivity index (χ1v) is 8.63. The minimum Gasteiger partial charge on any atom is -0.341 e. The molecule has 1 aromatic rings. The molecule has 124 valence electrons. The number of rotatable bonds is 3. The quantitative estimate of drug-likeness (QED) is 0.859. The van der Waals surface area contributed by atoms with Gasteiger partial charge in [0, 0.05) is 39.0 Å². The zero-order valence-corrected chi connectivity index (χ0v) is 14.1. The first kappa shape index (κ1) is 16.0. The van der Waals surface area contributed by atoms with E-state index in [0.29, 0.717) is 18.9 Å². The van der Waals surface area contributed by atoms with Gasteiger partial charge in [0.1, 0.15) is 0 Å². The summed E-state index contributed by atoms with van der Waals surface area (Å²) in [6.07, 6.45) is 3.52. The summed E-state index contributed by atoms with van der Waals surface area (Å²) in [6.45, 7) is 6.05. The summed E-state index contributed by atoms with van der Waals surface area (Å²) in [5.74, 6) is 0.822. The molecule has 0 unspecified atom stereocenters. The number of amides is 2. The molecule has 23 heavy (non-hydrogen) atoms. The molecule has 3 aliphatic rings. The third kappa shape index (κ3) is 3.74. The SMILES string of the molecule is CC(=O)N1C[C@@H]2CC[C@H](C1)N(C(=O)CCc1ccc(C)cc1)C2. The number of fused-ring (bicyclic) bond motifs is 4. The van der Waals surface area contributed by atoms with E-state index in [0.717, 1.165) is 32.4 Å². The summed E-state index contributed by atoms with van der Waals surface area (Å²) in [7, 11) is 0. The van der Waals surface area contributed by atoms with E-state index in [1.807, 2.05) is 9.80 Å². The van der Waals surface area contributed by atoms with Crippen LogP contribution in [0.3, 0.4) is 0 Å². The molecule has 0 N–H and O–H groups in total. The maximum atomic E-state index is 12.7. The fourth-order valence-corrected chi connectivity index (χ4v) is 3.79. The molecule has 3 saturated heterocycles. The van der Waals surface area contributed by atoms with Crippen LogP contribution in [0, 0.1) is 12.8 Å². The van der Waals surface area contributed by atoms with Crippen molar-refractivity contribution in [2.24, 2.45) is 5.92 Å². The summed E-state index contributed by atoms with van der Waals surface area (Å²) >= 11 is 0. The molecule has 4 heteroatoms. The van der Waals surface area contributed by atoms with Gasteiger partial charge in [0.05, 0.1) is 0 Å². The fourth-order valence-electron chi connectivity index (χ4n) is 3.79. The molecule has 3 heterocycles. The summed E-state index contributed by atoms with van der Waals surface area (Å²) in [5.41, 5.74) is 2.46. The van der Waals surface area contributed by atoms with E-state index in [2.05, 4.69) is 31.2 Å². The first-order valence-electron chi connectivity index (χ1n) is 8.63. The van der Waals surface area contributed by atoms with E-state index in [-0.39, 0.29) is 17.9 Å². The van der Waals surface area contributed by atoms with Gasteiger partial charge in [-0.1, -0.05) is 29.8 Å². The van der Waals surface area contributed by atoms with Gasteiger partial charge in [0.2, 0.25) is 11.8 Å². The van der Waals surface area contributed by atoms with Crippen molar-refractivity contribution in [3.63, 3.8) is 0 Å². The van der Waals surface area contributed by atoms with Gasteiger partial charge in [-0.05, 0) is 37.7 Å². The van der Waals surface area contributed by atoms with E-state index in [4.69, 9.17) is 0 Å². The summed E-state index contributed by atoms with van der Waals surface area (Å²) in [6, 6.07) is 8.61. The lowest BCUT2D eigenvalue weighted by Gasteiger charge is -2.36. The monoisotopic (exact) mass is 314 g/mol. The Kier molecular flexibility index (Phi) is 4.69. The van der Waals surface area contributed by atoms with Crippen LogP contribution in [0.2, 0.25) is 0 Å². The molecule has 2 amide bonds. The molecule has 0 aliphatic carbocycles. The Morgan fingerprint density at radius 1 is 1.09 bits per heavy atom. The van der Waals surface area contributed by atoms with Crippen molar-refractivity contribution in [2.45, 2.75) is 45.6 Å². The maximum Gasteiger partial charge on any atom is 0.223 e. The van der Waals surface area contributed by atoms with Crippen LogP contribution in [0.25, 0.3) is 0 Å². The summed E-state index contributed by atoms with van der Waals surface area (Å²) < 4.78 is 0. The highest BCUT2D eigenvalue weighted by Gasteiger charge is 2.37. The molecule has 0 radical (unpaired) electrons. The molecule has 4 nitrogen and oxygen atoms in total. The highest BCUT2D eigenvalue weighted by Crippen LogP contribution is 2.28. The Labute approximate surface area is 138 Å². The maximum absolute atomic E-state index is 12.7. The Morgan fingerprint density at radius 3 is 2.52 bits per heavy atom. The summed E-state index contributed by atoms with van der Waals surface area (Å²) in [4.78, 5) is 28.4. The number of carbonyl (C=O) groups is 2. The number of hydrogen-bond donors (Lipinski definition) is 0. The standard InChI is InChI=1S/C19H26N2O2/c1-14-3-5-16(6-4-14)8-10-19(23)21-12-17-7-9-18(21)13-20(11-17)15(2)22/h3-6,17-18H,7-13H2,1-2H3/t17-,18+/m0/s1. The lowest BCUT2D eigenvalue weighted by Crippen LogP contribution is -2.47. The van der Waals surface area contributed by atoms with Crippen LogP contribution in [0.4, 0.5) is 0 Å². The Hall–Kier alpha value is -1.84. The smallest absolute Gasteiger partial charge is 0.223 e. The fraction of sp³-hybridized carbons (Fsp3) is 0.579. The van der Waals surface area contributed by atoms with Gasteiger partial charge in [-0.2, -0.15) is 0 Å². The highest BCUT2D eigenvalue weighted by atomic mass is 16.2.